The number of nitrogens with zero attached hydrogens (tertiary/aromatic N) is 1. The molecule has 2 aromatic carbocycles. The van der Waals surface area contributed by atoms with E-state index in [2.05, 4.69) is 5.32 Å². The molecule has 0 heterocycles. The van der Waals surface area contributed by atoms with Crippen LogP contribution < -0.4 is 5.32 Å². The molecule has 4 nitrogen and oxygen atoms in total. The molecule has 0 saturated carbocycles. The Labute approximate surface area is 157 Å². The molecule has 6 heteroatoms. The summed E-state index contributed by atoms with van der Waals surface area (Å²) in [7, 11) is 1.78. The number of nitrogens with one attached hydrogen (secondary N) is 1. The summed E-state index contributed by atoms with van der Waals surface area (Å²) < 4.78 is 12.9. The maximum Gasteiger partial charge on any atom is 0.235 e. The number of halogens is 1. The number of anilines is 1. The van der Waals surface area contributed by atoms with Crippen LogP contribution in [-0.2, 0) is 16.0 Å². The molecule has 138 valence electrons. The van der Waals surface area contributed by atoms with Gasteiger partial charge in [-0.2, -0.15) is 0 Å². The molecule has 0 aromatic heterocycles. The molecule has 0 spiro atoms. The number of rotatable bonds is 7. The van der Waals surface area contributed by atoms with Gasteiger partial charge in [0.1, 0.15) is 5.82 Å². The molecular formula is C20H23FN2O2S. The van der Waals surface area contributed by atoms with Gasteiger partial charge < -0.3 is 10.2 Å². The number of hydrogen-bond donors (Lipinski definition) is 1. The number of carbonyl (C=O) groups excluding carboxylic acids is 2. The first-order chi connectivity index (χ1) is 12.3. The maximum atomic E-state index is 12.9. The Hall–Kier alpha value is -2.34. The zero-order chi connectivity index (χ0) is 19.1. The first-order valence-electron chi connectivity index (χ1n) is 8.39. The Bertz CT molecular complexity index is 747. The fourth-order valence-corrected chi connectivity index (χ4v) is 3.43. The van der Waals surface area contributed by atoms with Crippen LogP contribution in [0.3, 0.4) is 0 Å². The molecule has 0 fully saturated rings. The van der Waals surface area contributed by atoms with Gasteiger partial charge in [0.05, 0.1) is 5.25 Å². The van der Waals surface area contributed by atoms with Gasteiger partial charge in [0, 0.05) is 31.1 Å². The van der Waals surface area contributed by atoms with Crippen molar-refractivity contribution in [2.45, 2.75) is 30.4 Å². The molecule has 2 amide bonds. The molecule has 1 atom stereocenters. The van der Waals surface area contributed by atoms with Crippen LogP contribution in [-0.4, -0.2) is 35.6 Å². The summed E-state index contributed by atoms with van der Waals surface area (Å²) in [5, 5.41) is 2.49. The van der Waals surface area contributed by atoms with Gasteiger partial charge in [-0.05, 0) is 55.3 Å². The summed E-state index contributed by atoms with van der Waals surface area (Å²) in [5.74, 6) is -0.326. The second kappa shape index (κ2) is 9.38. The van der Waals surface area contributed by atoms with Crippen molar-refractivity contribution in [1.82, 2.24) is 4.90 Å². The predicted octanol–water partition coefficient (Wildman–Crippen LogP) is 3.97. The number of thioether (sulfide) groups is 1. The summed E-state index contributed by atoms with van der Waals surface area (Å²) >= 11 is 1.48. The summed E-state index contributed by atoms with van der Waals surface area (Å²) in [6, 6.07) is 13.8. The van der Waals surface area contributed by atoms with Crippen LogP contribution in [0.2, 0.25) is 0 Å². The lowest BCUT2D eigenvalue weighted by Crippen LogP contribution is -2.34. The smallest absolute Gasteiger partial charge is 0.235 e. The van der Waals surface area contributed by atoms with Crippen molar-refractivity contribution in [2.24, 2.45) is 0 Å². The summed E-state index contributed by atoms with van der Waals surface area (Å²) in [6.07, 6.45) is 0.686. The van der Waals surface area contributed by atoms with E-state index in [1.165, 1.54) is 30.8 Å². The minimum absolute atomic E-state index is 0.0445. The molecule has 0 aliphatic carbocycles. The first kappa shape index (κ1) is 20.0. The lowest BCUT2D eigenvalue weighted by molar-refractivity contribution is -0.129. The van der Waals surface area contributed by atoms with Crippen LogP contribution in [0.15, 0.2) is 53.4 Å². The second-order valence-corrected chi connectivity index (χ2v) is 7.52. The van der Waals surface area contributed by atoms with Crippen molar-refractivity contribution in [1.29, 1.82) is 0 Å². The topological polar surface area (TPSA) is 49.4 Å². The minimum atomic E-state index is -0.257. The fourth-order valence-electron chi connectivity index (χ4n) is 2.44. The molecule has 0 bridgehead atoms. The van der Waals surface area contributed by atoms with Crippen molar-refractivity contribution < 1.29 is 14.0 Å². The van der Waals surface area contributed by atoms with Crippen LogP contribution in [0.25, 0.3) is 0 Å². The Morgan fingerprint density at radius 1 is 1.12 bits per heavy atom. The Kier molecular flexibility index (Phi) is 7.21. The van der Waals surface area contributed by atoms with E-state index in [9.17, 15) is 14.0 Å². The average molecular weight is 374 g/mol. The van der Waals surface area contributed by atoms with Crippen molar-refractivity contribution in [3.63, 3.8) is 0 Å². The molecule has 0 aliphatic heterocycles. The van der Waals surface area contributed by atoms with Crippen LogP contribution in [0.5, 0.6) is 0 Å². The highest BCUT2D eigenvalue weighted by atomic mass is 32.2. The van der Waals surface area contributed by atoms with Gasteiger partial charge in [-0.3, -0.25) is 9.59 Å². The highest BCUT2D eigenvalue weighted by Gasteiger charge is 2.18. The normalized spacial score (nSPS) is 11.7. The van der Waals surface area contributed by atoms with E-state index in [4.69, 9.17) is 0 Å². The van der Waals surface area contributed by atoms with Crippen LogP contribution >= 0.6 is 11.8 Å². The minimum Gasteiger partial charge on any atom is -0.344 e. The third-order valence-corrected chi connectivity index (χ3v) is 4.96. The molecule has 1 unspecified atom stereocenters. The lowest BCUT2D eigenvalue weighted by atomic mass is 10.1. The third kappa shape index (κ3) is 6.19. The van der Waals surface area contributed by atoms with Crippen molar-refractivity contribution in [2.75, 3.05) is 18.9 Å². The molecule has 1 N–H and O–H groups in total. The second-order valence-electron chi connectivity index (χ2n) is 6.10. The maximum absolute atomic E-state index is 12.9. The molecular weight excluding hydrogens is 351 g/mol. The molecule has 2 aromatic rings. The number of benzene rings is 2. The number of hydrogen-bond acceptors (Lipinski definition) is 3. The number of carbonyl (C=O) groups is 2. The Balaban J connectivity index is 1.85. The van der Waals surface area contributed by atoms with Gasteiger partial charge in [0.2, 0.25) is 11.8 Å². The molecule has 26 heavy (non-hydrogen) atoms. The van der Waals surface area contributed by atoms with Gasteiger partial charge in [-0.15, -0.1) is 11.8 Å². The van der Waals surface area contributed by atoms with E-state index >= 15 is 0 Å². The van der Waals surface area contributed by atoms with E-state index in [1.54, 1.807) is 24.1 Å². The Morgan fingerprint density at radius 3 is 2.31 bits per heavy atom. The highest BCUT2D eigenvalue weighted by Crippen LogP contribution is 2.25. The zero-order valence-electron chi connectivity index (χ0n) is 15.2. The quantitative estimate of drug-likeness (QED) is 0.746. The standard InChI is InChI=1S/C20H23FN2O2S/c1-14(26-19-10-8-18(9-11-19)22-15(2)24)20(25)23(3)13-12-16-4-6-17(21)7-5-16/h4-11,14H,12-13H2,1-3H3,(H,22,24). The van der Waals surface area contributed by atoms with Crippen LogP contribution in [0.4, 0.5) is 10.1 Å². The third-order valence-electron chi connectivity index (χ3n) is 3.86. The van der Waals surface area contributed by atoms with Crippen molar-refractivity contribution in [3.05, 3.63) is 59.9 Å². The van der Waals surface area contributed by atoms with Gasteiger partial charge >= 0.3 is 0 Å². The molecule has 0 radical (unpaired) electrons. The zero-order valence-corrected chi connectivity index (χ0v) is 16.0. The van der Waals surface area contributed by atoms with Gasteiger partial charge in [0.25, 0.3) is 0 Å². The van der Waals surface area contributed by atoms with E-state index in [1.807, 2.05) is 31.2 Å². The molecule has 2 rings (SSSR count). The molecule has 0 aliphatic rings. The van der Waals surface area contributed by atoms with E-state index in [0.29, 0.717) is 13.0 Å². The van der Waals surface area contributed by atoms with Crippen molar-refractivity contribution >= 4 is 29.3 Å². The highest BCUT2D eigenvalue weighted by molar-refractivity contribution is 8.00. The van der Waals surface area contributed by atoms with Crippen molar-refractivity contribution in [3.8, 4) is 0 Å². The average Bonchev–Trinajstić information content (AvgIpc) is 2.61. The SMILES string of the molecule is CC(=O)Nc1ccc(SC(C)C(=O)N(C)CCc2ccc(F)cc2)cc1. The number of amides is 2. The van der Waals surface area contributed by atoms with E-state index in [0.717, 1.165) is 16.1 Å². The first-order valence-corrected chi connectivity index (χ1v) is 9.27. The van der Waals surface area contributed by atoms with E-state index < -0.39 is 0 Å². The van der Waals surface area contributed by atoms with Crippen LogP contribution in [0, 0.1) is 5.82 Å². The largest absolute Gasteiger partial charge is 0.344 e. The fraction of sp³-hybridized carbons (Fsp3) is 0.300. The predicted molar refractivity (Wildman–Crippen MR) is 104 cm³/mol. The van der Waals surface area contributed by atoms with Gasteiger partial charge in [0.15, 0.2) is 0 Å². The van der Waals surface area contributed by atoms with Gasteiger partial charge in [-0.25, -0.2) is 4.39 Å². The summed E-state index contributed by atoms with van der Waals surface area (Å²) in [5.41, 5.74) is 1.73. The van der Waals surface area contributed by atoms with E-state index in [-0.39, 0.29) is 22.9 Å². The summed E-state index contributed by atoms with van der Waals surface area (Å²) in [6.45, 7) is 3.92. The van der Waals surface area contributed by atoms with Gasteiger partial charge in [-0.1, -0.05) is 12.1 Å². The monoisotopic (exact) mass is 374 g/mol. The lowest BCUT2D eigenvalue weighted by Gasteiger charge is -2.21. The number of likely N-dealkylation sites (N-methyl/N-ethyl adjacent to an activating group) is 1. The van der Waals surface area contributed by atoms with Crippen LogP contribution in [0.1, 0.15) is 19.4 Å². The molecule has 0 saturated heterocycles. The summed E-state index contributed by atoms with van der Waals surface area (Å²) in [4.78, 5) is 26.2. The Morgan fingerprint density at radius 2 is 1.73 bits per heavy atom.